The molecule has 2 rings (SSSR count). The van der Waals surface area contributed by atoms with E-state index in [9.17, 15) is 4.79 Å². The van der Waals surface area contributed by atoms with E-state index < -0.39 is 0 Å². The van der Waals surface area contributed by atoms with Crippen LogP contribution in [-0.2, 0) is 0 Å². The molecular weight excluding hydrogens is 200 g/mol. The second-order valence-corrected chi connectivity index (χ2v) is 4.23. The van der Waals surface area contributed by atoms with Crippen LogP contribution in [0.3, 0.4) is 0 Å². The molecule has 0 fully saturated rings. The van der Waals surface area contributed by atoms with Crippen molar-refractivity contribution in [2.24, 2.45) is 4.99 Å². The van der Waals surface area contributed by atoms with Gasteiger partial charge in [-0.25, -0.2) is 0 Å². The summed E-state index contributed by atoms with van der Waals surface area (Å²) in [5.74, 6) is 0.186. The van der Waals surface area contributed by atoms with E-state index in [-0.39, 0.29) is 5.78 Å². The van der Waals surface area contributed by atoms with Gasteiger partial charge in [-0.05, 0) is 24.6 Å². The van der Waals surface area contributed by atoms with Crippen molar-refractivity contribution < 1.29 is 4.79 Å². The molecule has 84 valence electrons. The highest BCUT2D eigenvalue weighted by atomic mass is 16.1. The summed E-state index contributed by atoms with van der Waals surface area (Å²) in [6.07, 6.45) is 1.32. The van der Waals surface area contributed by atoms with E-state index in [1.807, 2.05) is 44.1 Å². The minimum absolute atomic E-state index is 0.186. The monoisotopic (exact) mass is 216 g/mol. The van der Waals surface area contributed by atoms with E-state index in [1.165, 1.54) is 0 Å². The van der Waals surface area contributed by atoms with Crippen molar-refractivity contribution in [2.75, 3.05) is 19.0 Å². The van der Waals surface area contributed by atoms with Gasteiger partial charge in [0.05, 0.1) is 5.69 Å². The molecular formula is C13H16N2O. The maximum atomic E-state index is 11.9. The molecule has 0 radical (unpaired) electrons. The number of nitrogens with zero attached hydrogens (tertiary/aromatic N) is 2. The van der Waals surface area contributed by atoms with Crippen molar-refractivity contribution >= 4 is 22.9 Å². The number of Topliss-reactive ketones (excluding diaryl/α,β-unsaturated/α-hetero) is 1. The summed E-state index contributed by atoms with van der Waals surface area (Å²) in [6.45, 7) is 2.03. The molecule has 1 aromatic rings. The van der Waals surface area contributed by atoms with Crippen LogP contribution in [0.2, 0.25) is 0 Å². The molecule has 0 saturated carbocycles. The third-order valence-electron chi connectivity index (χ3n) is 2.85. The van der Waals surface area contributed by atoms with Gasteiger partial charge >= 0.3 is 0 Å². The minimum Gasteiger partial charge on any atom is -0.378 e. The second kappa shape index (κ2) is 4.08. The van der Waals surface area contributed by atoms with Gasteiger partial charge in [-0.2, -0.15) is 0 Å². The fraction of sp³-hybridized carbons (Fsp3) is 0.385. The first-order valence-electron chi connectivity index (χ1n) is 5.53. The molecule has 0 atom stereocenters. The van der Waals surface area contributed by atoms with Crippen molar-refractivity contribution in [3.63, 3.8) is 0 Å². The van der Waals surface area contributed by atoms with Gasteiger partial charge < -0.3 is 4.90 Å². The van der Waals surface area contributed by atoms with Gasteiger partial charge in [-0.15, -0.1) is 0 Å². The van der Waals surface area contributed by atoms with Crippen LogP contribution in [0.1, 0.15) is 30.1 Å². The zero-order valence-electron chi connectivity index (χ0n) is 9.95. The van der Waals surface area contributed by atoms with Gasteiger partial charge in [-0.1, -0.05) is 6.92 Å². The van der Waals surface area contributed by atoms with Crippen LogP contribution in [0, 0.1) is 0 Å². The number of rotatable bonds is 2. The molecule has 0 aromatic heterocycles. The van der Waals surface area contributed by atoms with E-state index in [4.69, 9.17) is 0 Å². The third kappa shape index (κ3) is 1.85. The maximum Gasteiger partial charge on any atom is 0.170 e. The maximum absolute atomic E-state index is 11.9. The lowest BCUT2D eigenvalue weighted by atomic mass is 9.98. The molecule has 3 nitrogen and oxygen atoms in total. The van der Waals surface area contributed by atoms with Crippen LogP contribution in [0.5, 0.6) is 0 Å². The predicted molar refractivity (Wildman–Crippen MR) is 67.1 cm³/mol. The van der Waals surface area contributed by atoms with Crippen molar-refractivity contribution in [2.45, 2.75) is 19.8 Å². The molecule has 1 aliphatic rings. The number of aliphatic imine (C=N–C) groups is 1. The van der Waals surface area contributed by atoms with Crippen molar-refractivity contribution in [1.82, 2.24) is 0 Å². The summed E-state index contributed by atoms with van der Waals surface area (Å²) in [6, 6.07) is 5.85. The fourth-order valence-electron chi connectivity index (χ4n) is 1.82. The Labute approximate surface area is 95.8 Å². The van der Waals surface area contributed by atoms with Crippen LogP contribution in [-0.4, -0.2) is 25.6 Å². The van der Waals surface area contributed by atoms with Gasteiger partial charge in [0.25, 0.3) is 0 Å². The molecule has 1 aliphatic heterocycles. The smallest absolute Gasteiger partial charge is 0.170 e. The first-order chi connectivity index (χ1) is 7.61. The molecule has 0 saturated heterocycles. The number of ketones is 1. The second-order valence-electron chi connectivity index (χ2n) is 4.23. The van der Waals surface area contributed by atoms with Gasteiger partial charge in [0.15, 0.2) is 5.78 Å². The summed E-state index contributed by atoms with van der Waals surface area (Å²) in [5.41, 5.74) is 3.60. The summed E-state index contributed by atoms with van der Waals surface area (Å²) in [4.78, 5) is 18.4. The number of carbonyl (C=O) groups excluding carboxylic acids is 1. The average molecular weight is 216 g/mol. The van der Waals surface area contributed by atoms with Gasteiger partial charge in [-0.3, -0.25) is 9.79 Å². The molecule has 0 aliphatic carbocycles. The fourth-order valence-corrected chi connectivity index (χ4v) is 1.82. The van der Waals surface area contributed by atoms with Crippen LogP contribution in [0.15, 0.2) is 23.2 Å². The summed E-state index contributed by atoms with van der Waals surface area (Å²) in [5, 5.41) is 0. The Hall–Kier alpha value is -1.64. The Morgan fingerprint density at radius 1 is 1.38 bits per heavy atom. The first-order valence-corrected chi connectivity index (χ1v) is 5.53. The highest BCUT2D eigenvalue weighted by molar-refractivity contribution is 6.16. The average Bonchev–Trinajstić information content (AvgIpc) is 2.28. The number of hydrogen-bond acceptors (Lipinski definition) is 3. The number of anilines is 1. The SMILES string of the molecule is CCC1=Nc2ccc(N(C)C)cc2C(=O)C1. The Bertz CT molecular complexity index is 461. The minimum atomic E-state index is 0.186. The number of fused-ring (bicyclic) bond motifs is 1. The zero-order chi connectivity index (χ0) is 11.7. The first kappa shape index (κ1) is 10.9. The highest BCUT2D eigenvalue weighted by Gasteiger charge is 2.19. The molecule has 0 spiro atoms. The molecule has 0 N–H and O–H groups in total. The summed E-state index contributed by atoms with van der Waals surface area (Å²) >= 11 is 0. The van der Waals surface area contributed by atoms with E-state index in [1.54, 1.807) is 0 Å². The molecule has 16 heavy (non-hydrogen) atoms. The molecule has 3 heteroatoms. The van der Waals surface area contributed by atoms with Gasteiger partial charge in [0.1, 0.15) is 0 Å². The largest absolute Gasteiger partial charge is 0.378 e. The Morgan fingerprint density at radius 2 is 2.12 bits per heavy atom. The Balaban J connectivity index is 2.49. The lowest BCUT2D eigenvalue weighted by molar-refractivity contribution is 0.0999. The summed E-state index contributed by atoms with van der Waals surface area (Å²) < 4.78 is 0. The van der Waals surface area contributed by atoms with Gasteiger partial charge in [0, 0.05) is 37.5 Å². The molecule has 1 heterocycles. The summed E-state index contributed by atoms with van der Waals surface area (Å²) in [7, 11) is 3.94. The van der Waals surface area contributed by atoms with Crippen molar-refractivity contribution in [3.8, 4) is 0 Å². The Morgan fingerprint density at radius 3 is 2.75 bits per heavy atom. The third-order valence-corrected chi connectivity index (χ3v) is 2.85. The number of benzene rings is 1. The van der Waals surface area contributed by atoms with Crippen molar-refractivity contribution in [1.29, 1.82) is 0 Å². The van der Waals surface area contributed by atoms with E-state index in [2.05, 4.69) is 4.99 Å². The standard InChI is InChI=1S/C13H16N2O/c1-4-9-7-13(16)11-8-10(15(2)3)5-6-12(11)14-9/h5-6,8H,4,7H2,1-3H3. The van der Waals surface area contributed by atoms with Crippen molar-refractivity contribution in [3.05, 3.63) is 23.8 Å². The van der Waals surface area contributed by atoms with Crippen LogP contribution >= 0.6 is 0 Å². The van der Waals surface area contributed by atoms with Gasteiger partial charge in [0.2, 0.25) is 0 Å². The highest BCUT2D eigenvalue weighted by Crippen LogP contribution is 2.29. The van der Waals surface area contributed by atoms with Crippen LogP contribution in [0.25, 0.3) is 0 Å². The van der Waals surface area contributed by atoms with Crippen LogP contribution in [0.4, 0.5) is 11.4 Å². The number of carbonyl (C=O) groups is 1. The molecule has 0 amide bonds. The van der Waals surface area contributed by atoms with E-state index in [0.717, 1.165) is 29.1 Å². The Kier molecular flexibility index (Phi) is 2.77. The topological polar surface area (TPSA) is 32.7 Å². The van der Waals surface area contributed by atoms with Crippen LogP contribution < -0.4 is 4.90 Å². The van der Waals surface area contributed by atoms with E-state index >= 15 is 0 Å². The molecule has 1 aromatic carbocycles. The normalized spacial score (nSPS) is 14.4. The lowest BCUT2D eigenvalue weighted by Crippen LogP contribution is -2.14. The zero-order valence-corrected chi connectivity index (χ0v) is 9.95. The predicted octanol–water partition coefficient (Wildman–Crippen LogP) is 2.82. The number of hydrogen-bond donors (Lipinski definition) is 0. The molecule has 0 unspecified atom stereocenters. The van der Waals surface area contributed by atoms with E-state index in [0.29, 0.717) is 6.42 Å². The molecule has 0 bridgehead atoms. The lowest BCUT2D eigenvalue weighted by Gasteiger charge is -2.18. The quantitative estimate of drug-likeness (QED) is 0.761.